The van der Waals surface area contributed by atoms with Gasteiger partial charge in [0, 0.05) is 16.6 Å². The monoisotopic (exact) mass is 282 g/mol. The molecular weight excluding hydrogens is 270 g/mol. The lowest BCUT2D eigenvalue weighted by Gasteiger charge is -2.05. The molecule has 90 valence electrons. The van der Waals surface area contributed by atoms with Crippen molar-refractivity contribution in [2.24, 2.45) is 5.73 Å². The molecule has 0 heterocycles. The Morgan fingerprint density at radius 1 is 1.38 bits per heavy atom. The molecule has 1 rings (SSSR count). The van der Waals surface area contributed by atoms with Crippen molar-refractivity contribution in [1.29, 1.82) is 0 Å². The summed E-state index contributed by atoms with van der Waals surface area (Å²) in [5.41, 5.74) is 6.10. The Morgan fingerprint density at radius 3 is 2.62 bits per heavy atom. The largest absolute Gasteiger partial charge is 0.355 e. The maximum Gasteiger partial charge on any atom is 0.233 e. The van der Waals surface area contributed by atoms with Gasteiger partial charge < -0.3 is 11.1 Å². The highest BCUT2D eigenvalue weighted by Gasteiger charge is 2.02. The lowest BCUT2D eigenvalue weighted by molar-refractivity contribution is -0.119. The third-order valence-electron chi connectivity index (χ3n) is 1.92. The number of halogens is 3. The Hall–Kier alpha value is -0.480. The van der Waals surface area contributed by atoms with Crippen molar-refractivity contribution in [3.05, 3.63) is 33.8 Å². The highest BCUT2D eigenvalue weighted by Crippen LogP contribution is 2.20. The number of hydrogen-bond donors (Lipinski definition) is 2. The third kappa shape index (κ3) is 5.03. The van der Waals surface area contributed by atoms with Crippen molar-refractivity contribution >= 4 is 41.5 Å². The highest BCUT2D eigenvalue weighted by atomic mass is 35.5. The fraction of sp³-hybridized carbons (Fsp3) is 0.300. The summed E-state index contributed by atoms with van der Waals surface area (Å²) < 4.78 is 0. The smallest absolute Gasteiger partial charge is 0.233 e. The van der Waals surface area contributed by atoms with E-state index in [1.165, 1.54) is 0 Å². The van der Waals surface area contributed by atoms with E-state index in [0.717, 1.165) is 5.56 Å². The predicted molar refractivity (Wildman–Crippen MR) is 69.5 cm³/mol. The van der Waals surface area contributed by atoms with Gasteiger partial charge in [-0.15, -0.1) is 12.4 Å². The summed E-state index contributed by atoms with van der Waals surface area (Å²) in [4.78, 5) is 10.9. The van der Waals surface area contributed by atoms with E-state index in [0.29, 0.717) is 23.0 Å². The molecule has 3 nitrogen and oxygen atoms in total. The Balaban J connectivity index is 0.00000225. The second-order valence-electron chi connectivity index (χ2n) is 3.04. The second kappa shape index (κ2) is 7.74. The van der Waals surface area contributed by atoms with Gasteiger partial charge in [0.25, 0.3) is 0 Å². The van der Waals surface area contributed by atoms with Crippen molar-refractivity contribution in [1.82, 2.24) is 5.32 Å². The quantitative estimate of drug-likeness (QED) is 0.888. The molecule has 0 spiro atoms. The minimum Gasteiger partial charge on any atom is -0.355 e. The van der Waals surface area contributed by atoms with E-state index in [4.69, 9.17) is 28.9 Å². The van der Waals surface area contributed by atoms with Crippen LogP contribution in [0, 0.1) is 0 Å². The molecule has 6 heteroatoms. The second-order valence-corrected chi connectivity index (χ2v) is 3.88. The zero-order chi connectivity index (χ0) is 11.3. The van der Waals surface area contributed by atoms with Crippen molar-refractivity contribution in [2.45, 2.75) is 6.42 Å². The van der Waals surface area contributed by atoms with E-state index < -0.39 is 0 Å². The number of rotatable bonds is 4. The van der Waals surface area contributed by atoms with Crippen LogP contribution in [0.25, 0.3) is 0 Å². The van der Waals surface area contributed by atoms with Crippen LogP contribution in [0.15, 0.2) is 18.2 Å². The maximum absolute atomic E-state index is 10.9. The van der Waals surface area contributed by atoms with Crippen LogP contribution in [-0.4, -0.2) is 19.0 Å². The summed E-state index contributed by atoms with van der Waals surface area (Å²) in [7, 11) is 0. The Kier molecular flexibility index (Phi) is 7.51. The lowest BCUT2D eigenvalue weighted by Crippen LogP contribution is -2.31. The van der Waals surface area contributed by atoms with Gasteiger partial charge in [0.1, 0.15) is 0 Å². The van der Waals surface area contributed by atoms with E-state index in [1.807, 2.05) is 6.07 Å². The fourth-order valence-corrected chi connectivity index (χ4v) is 1.64. The minimum absolute atomic E-state index is 0. The van der Waals surface area contributed by atoms with Crippen LogP contribution < -0.4 is 11.1 Å². The number of nitrogens with two attached hydrogens (primary N) is 1. The Labute approximate surface area is 111 Å². The van der Waals surface area contributed by atoms with Crippen LogP contribution in [0.2, 0.25) is 10.0 Å². The number of benzene rings is 1. The Bertz CT molecular complexity index is 358. The van der Waals surface area contributed by atoms with Gasteiger partial charge in [0.15, 0.2) is 0 Å². The zero-order valence-electron chi connectivity index (χ0n) is 8.50. The molecule has 16 heavy (non-hydrogen) atoms. The summed E-state index contributed by atoms with van der Waals surface area (Å²) >= 11 is 11.7. The van der Waals surface area contributed by atoms with Crippen LogP contribution in [0.5, 0.6) is 0 Å². The maximum atomic E-state index is 10.9. The van der Waals surface area contributed by atoms with Crippen LogP contribution in [-0.2, 0) is 11.2 Å². The summed E-state index contributed by atoms with van der Waals surface area (Å²) in [6.45, 7) is 0.533. The first-order valence-electron chi connectivity index (χ1n) is 4.54. The molecule has 3 N–H and O–H groups in total. The zero-order valence-corrected chi connectivity index (χ0v) is 10.8. The van der Waals surface area contributed by atoms with Gasteiger partial charge in [-0.25, -0.2) is 0 Å². The van der Waals surface area contributed by atoms with Gasteiger partial charge >= 0.3 is 0 Å². The van der Waals surface area contributed by atoms with Crippen LogP contribution in [0.3, 0.4) is 0 Å². The third-order valence-corrected chi connectivity index (χ3v) is 2.50. The summed E-state index contributed by atoms with van der Waals surface area (Å²) in [6, 6.07) is 5.30. The topological polar surface area (TPSA) is 55.1 Å². The number of hydrogen-bond acceptors (Lipinski definition) is 2. The average molecular weight is 284 g/mol. The minimum atomic E-state index is -0.167. The van der Waals surface area contributed by atoms with Crippen molar-refractivity contribution in [2.75, 3.05) is 13.1 Å². The molecular formula is C10H13Cl3N2O. The van der Waals surface area contributed by atoms with Crippen molar-refractivity contribution < 1.29 is 4.79 Å². The number of nitrogens with one attached hydrogen (secondary N) is 1. The molecule has 1 aromatic carbocycles. The molecule has 0 saturated carbocycles. The predicted octanol–water partition coefficient (Wildman–Crippen LogP) is 2.03. The molecule has 1 amide bonds. The molecule has 0 aromatic heterocycles. The van der Waals surface area contributed by atoms with Gasteiger partial charge in [-0.1, -0.05) is 29.3 Å². The van der Waals surface area contributed by atoms with Crippen LogP contribution >= 0.6 is 35.6 Å². The summed E-state index contributed by atoms with van der Waals surface area (Å²) in [5, 5.41) is 3.89. The number of carbonyl (C=O) groups excluding carboxylic acids is 1. The van der Waals surface area contributed by atoms with Gasteiger partial charge in [-0.2, -0.15) is 0 Å². The van der Waals surface area contributed by atoms with Gasteiger partial charge in [-0.05, 0) is 24.1 Å². The summed E-state index contributed by atoms with van der Waals surface area (Å²) in [6.07, 6.45) is 0.668. The van der Waals surface area contributed by atoms with Crippen LogP contribution in [0.4, 0.5) is 0 Å². The summed E-state index contributed by atoms with van der Waals surface area (Å²) in [5.74, 6) is -0.167. The SMILES string of the molecule is Cl.NCC(=O)NCCc1ccc(Cl)cc1Cl. The first-order chi connectivity index (χ1) is 7.13. The number of carbonyl (C=O) groups is 1. The first kappa shape index (κ1) is 15.5. The van der Waals surface area contributed by atoms with Crippen LogP contribution in [0.1, 0.15) is 5.56 Å². The molecule has 1 aromatic rings. The molecule has 0 atom stereocenters. The molecule has 0 fully saturated rings. The normalized spacial score (nSPS) is 9.44. The van der Waals surface area contributed by atoms with E-state index in [-0.39, 0.29) is 24.9 Å². The molecule has 0 aliphatic rings. The van der Waals surface area contributed by atoms with E-state index in [2.05, 4.69) is 5.32 Å². The molecule has 0 aliphatic heterocycles. The average Bonchev–Trinajstić information content (AvgIpc) is 2.21. The number of amides is 1. The molecule has 0 radical (unpaired) electrons. The van der Waals surface area contributed by atoms with E-state index >= 15 is 0 Å². The van der Waals surface area contributed by atoms with E-state index in [9.17, 15) is 4.79 Å². The van der Waals surface area contributed by atoms with Crippen molar-refractivity contribution in [3.8, 4) is 0 Å². The van der Waals surface area contributed by atoms with Crippen molar-refractivity contribution in [3.63, 3.8) is 0 Å². The standard InChI is InChI=1S/C10H12Cl2N2O.ClH/c11-8-2-1-7(9(12)5-8)3-4-14-10(15)6-13;/h1-2,5H,3-4,6,13H2,(H,14,15);1H. The first-order valence-corrected chi connectivity index (χ1v) is 5.29. The van der Waals surface area contributed by atoms with Gasteiger partial charge in [0.2, 0.25) is 5.91 Å². The highest BCUT2D eigenvalue weighted by molar-refractivity contribution is 6.35. The van der Waals surface area contributed by atoms with E-state index in [1.54, 1.807) is 12.1 Å². The Morgan fingerprint density at radius 2 is 2.06 bits per heavy atom. The molecule has 0 unspecified atom stereocenters. The fourth-order valence-electron chi connectivity index (χ4n) is 1.13. The molecule has 0 bridgehead atoms. The molecule has 0 saturated heterocycles. The van der Waals surface area contributed by atoms with Gasteiger partial charge in [0.05, 0.1) is 6.54 Å². The van der Waals surface area contributed by atoms with Gasteiger partial charge in [-0.3, -0.25) is 4.79 Å². The lowest BCUT2D eigenvalue weighted by atomic mass is 10.1. The molecule has 0 aliphatic carbocycles.